The van der Waals surface area contributed by atoms with E-state index in [0.717, 1.165) is 59.3 Å². The molecular formula is C50H57N9O6. The van der Waals surface area contributed by atoms with Crippen LogP contribution in [0.5, 0.6) is 0 Å². The van der Waals surface area contributed by atoms with Crippen LogP contribution in [0, 0.1) is 17.8 Å². The fourth-order valence-electron chi connectivity index (χ4n) is 8.93. The predicted octanol–water partition coefficient (Wildman–Crippen LogP) is 6.87. The smallest absolute Gasteiger partial charge is 0.407 e. The van der Waals surface area contributed by atoms with Gasteiger partial charge in [0.2, 0.25) is 11.8 Å². The summed E-state index contributed by atoms with van der Waals surface area (Å²) >= 11 is 0. The number of ether oxygens (including phenoxy) is 1. The molecule has 8 rings (SSSR count). The van der Waals surface area contributed by atoms with E-state index in [4.69, 9.17) is 9.72 Å². The number of piperidine rings is 1. The van der Waals surface area contributed by atoms with Crippen LogP contribution in [0.3, 0.4) is 0 Å². The number of nitrogens with zero attached hydrogens (tertiary/aromatic N) is 5. The standard InChI is InChI=1S/C50H57N9O6/c1-32(2)42(56-49(63)65-4)46(60)58-26-8-12-40(58)44-51-30-38(53-44)35-20-16-33(17-21-35)14-15-34-18-22-36(23-19-34)39-31-52-45(54-39)41-13-9-27-59(41)47(61)43(37-10-6-5-7-11-37)55-48(62)57-28-24-50(3,64)25-29-57/h5-7,10-11,16-23,30-32,40-43,64H,8-9,12-13,24-29H2,1-4H3,(H,51,53)(H,52,54)(H,55,62)(H,56,63). The Morgan fingerprint density at radius 3 is 1.74 bits per heavy atom. The number of benzene rings is 3. The Balaban J connectivity index is 0.892. The Hall–Kier alpha value is -6.92. The van der Waals surface area contributed by atoms with Gasteiger partial charge in [-0.05, 0) is 92.3 Å². The van der Waals surface area contributed by atoms with E-state index in [1.54, 1.807) is 29.1 Å². The zero-order valence-corrected chi connectivity index (χ0v) is 37.3. The van der Waals surface area contributed by atoms with Crippen molar-refractivity contribution < 1.29 is 29.0 Å². The second kappa shape index (κ2) is 19.4. The number of hydrogen-bond donors (Lipinski definition) is 5. The number of aromatic nitrogens is 4. The number of aliphatic hydroxyl groups is 1. The lowest BCUT2D eigenvalue weighted by Crippen LogP contribution is -2.51. The van der Waals surface area contributed by atoms with Crippen molar-refractivity contribution in [2.75, 3.05) is 33.3 Å². The molecule has 15 heteroatoms. The van der Waals surface area contributed by atoms with E-state index in [-0.39, 0.29) is 35.8 Å². The Morgan fingerprint density at radius 2 is 1.25 bits per heavy atom. The summed E-state index contributed by atoms with van der Waals surface area (Å²) in [6.45, 7) is 7.55. The summed E-state index contributed by atoms with van der Waals surface area (Å²) in [7, 11) is 1.29. The number of carbonyl (C=O) groups is 4. The number of hydrogen-bond acceptors (Lipinski definition) is 8. The maximum atomic E-state index is 14.3. The van der Waals surface area contributed by atoms with Crippen molar-refractivity contribution in [2.24, 2.45) is 5.92 Å². The zero-order valence-electron chi connectivity index (χ0n) is 37.3. The summed E-state index contributed by atoms with van der Waals surface area (Å²) in [6.07, 6.45) is 7.07. The molecule has 15 nitrogen and oxygen atoms in total. The quantitative estimate of drug-likeness (QED) is 0.0940. The number of nitrogens with one attached hydrogen (secondary N) is 4. The van der Waals surface area contributed by atoms with Crippen LogP contribution in [0.25, 0.3) is 22.5 Å². The van der Waals surface area contributed by atoms with Crippen LogP contribution >= 0.6 is 0 Å². The number of methoxy groups -OCH3 is 1. The average molecular weight is 880 g/mol. The molecule has 4 unspecified atom stereocenters. The van der Waals surface area contributed by atoms with Gasteiger partial charge in [0.25, 0.3) is 0 Å². The molecule has 4 atom stereocenters. The highest BCUT2D eigenvalue weighted by molar-refractivity contribution is 5.89. The fourth-order valence-corrected chi connectivity index (χ4v) is 8.93. The van der Waals surface area contributed by atoms with E-state index >= 15 is 0 Å². The number of urea groups is 1. The van der Waals surface area contributed by atoms with E-state index in [1.165, 1.54) is 7.11 Å². The van der Waals surface area contributed by atoms with Gasteiger partial charge in [0.1, 0.15) is 23.7 Å². The van der Waals surface area contributed by atoms with Gasteiger partial charge < -0.3 is 45.1 Å². The summed E-state index contributed by atoms with van der Waals surface area (Å²) < 4.78 is 4.76. The number of aromatic amines is 2. The Labute approximate surface area is 379 Å². The van der Waals surface area contributed by atoms with Gasteiger partial charge in [-0.3, -0.25) is 9.59 Å². The lowest BCUT2D eigenvalue weighted by atomic mass is 9.94. The van der Waals surface area contributed by atoms with Gasteiger partial charge >= 0.3 is 12.1 Å². The number of alkyl carbamates (subject to hydrolysis) is 1. The Bertz CT molecular complexity index is 2530. The van der Waals surface area contributed by atoms with E-state index in [9.17, 15) is 24.3 Å². The first kappa shape index (κ1) is 44.7. The maximum Gasteiger partial charge on any atom is 0.407 e. The molecule has 0 bridgehead atoms. The predicted molar refractivity (Wildman–Crippen MR) is 245 cm³/mol. The van der Waals surface area contributed by atoms with Crippen LogP contribution in [-0.2, 0) is 14.3 Å². The van der Waals surface area contributed by atoms with Crippen LogP contribution in [0.4, 0.5) is 9.59 Å². The van der Waals surface area contributed by atoms with Crippen LogP contribution in [0.15, 0.2) is 91.3 Å². The molecule has 0 radical (unpaired) electrons. The van der Waals surface area contributed by atoms with Crippen molar-refractivity contribution >= 4 is 23.9 Å². The first-order chi connectivity index (χ1) is 31.4. The third kappa shape index (κ3) is 10.2. The Kier molecular flexibility index (Phi) is 13.4. The van der Waals surface area contributed by atoms with Crippen LogP contribution in [0.2, 0.25) is 0 Å². The number of amides is 5. The topological polar surface area (TPSA) is 189 Å². The van der Waals surface area contributed by atoms with Gasteiger partial charge in [-0.1, -0.05) is 80.3 Å². The van der Waals surface area contributed by atoms with E-state index in [0.29, 0.717) is 56.2 Å². The second-order valence-electron chi connectivity index (χ2n) is 17.8. The van der Waals surface area contributed by atoms with Crippen LogP contribution in [-0.4, -0.2) is 109 Å². The zero-order chi connectivity index (χ0) is 45.7. The third-order valence-corrected chi connectivity index (χ3v) is 12.8. The third-order valence-electron chi connectivity index (χ3n) is 12.8. The van der Waals surface area contributed by atoms with E-state index in [2.05, 4.69) is 37.4 Å². The molecule has 2 aromatic heterocycles. The van der Waals surface area contributed by atoms with Crippen LogP contribution < -0.4 is 10.6 Å². The number of carbonyl (C=O) groups excluding carboxylic acids is 4. The molecule has 0 saturated carbocycles. The molecule has 338 valence electrons. The van der Waals surface area contributed by atoms with Crippen molar-refractivity contribution in [3.8, 4) is 34.4 Å². The second-order valence-corrected chi connectivity index (χ2v) is 17.8. The number of likely N-dealkylation sites (tertiary alicyclic amines) is 3. The lowest BCUT2D eigenvalue weighted by Gasteiger charge is -2.37. The first-order valence-corrected chi connectivity index (χ1v) is 22.5. The average Bonchev–Trinajstić information content (AvgIpc) is 4.17. The SMILES string of the molecule is COC(=O)NC(C(=O)N1CCCC1c1ncc(-c2ccc(C#Cc3ccc(-c4cnc(C5CCCN5C(=O)C(NC(=O)N5CCC(C)(O)CC5)c5ccccc5)[nH]4)cc3)cc2)[nH]1)C(C)C. The normalized spacial score (nSPS) is 19.0. The van der Waals surface area contributed by atoms with Crippen molar-refractivity contribution in [1.82, 2.24) is 45.3 Å². The summed E-state index contributed by atoms with van der Waals surface area (Å²) in [4.78, 5) is 74.9. The summed E-state index contributed by atoms with van der Waals surface area (Å²) in [5.41, 5.74) is 5.16. The van der Waals surface area contributed by atoms with Gasteiger partial charge in [0.15, 0.2) is 0 Å². The molecule has 5 heterocycles. The summed E-state index contributed by atoms with van der Waals surface area (Å²) in [5.74, 6) is 7.48. The number of rotatable bonds is 10. The van der Waals surface area contributed by atoms with Gasteiger partial charge in [-0.25, -0.2) is 19.6 Å². The Morgan fingerprint density at radius 1 is 0.738 bits per heavy atom. The van der Waals surface area contributed by atoms with E-state index < -0.39 is 23.8 Å². The molecule has 3 saturated heterocycles. The van der Waals surface area contributed by atoms with Gasteiger partial charge in [-0.15, -0.1) is 0 Å². The molecule has 3 aromatic carbocycles. The highest BCUT2D eigenvalue weighted by atomic mass is 16.5. The lowest BCUT2D eigenvalue weighted by molar-refractivity contribution is -0.135. The maximum absolute atomic E-state index is 14.3. The number of imidazole rings is 2. The highest BCUT2D eigenvalue weighted by Gasteiger charge is 2.39. The first-order valence-electron chi connectivity index (χ1n) is 22.5. The van der Waals surface area contributed by atoms with Crippen molar-refractivity contribution in [3.63, 3.8) is 0 Å². The fraction of sp³-hybridized carbons (Fsp3) is 0.400. The highest BCUT2D eigenvalue weighted by Crippen LogP contribution is 2.35. The van der Waals surface area contributed by atoms with Crippen molar-refractivity contribution in [1.29, 1.82) is 0 Å². The largest absolute Gasteiger partial charge is 0.453 e. The van der Waals surface area contributed by atoms with Crippen LogP contribution in [0.1, 0.15) is 106 Å². The minimum absolute atomic E-state index is 0.113. The monoisotopic (exact) mass is 879 g/mol. The molecule has 0 spiro atoms. The van der Waals surface area contributed by atoms with Gasteiger partial charge in [0, 0.05) is 37.3 Å². The molecular weight excluding hydrogens is 823 g/mol. The molecule has 0 aliphatic carbocycles. The summed E-state index contributed by atoms with van der Waals surface area (Å²) in [6, 6.07) is 22.8. The minimum atomic E-state index is -0.867. The number of H-pyrrole nitrogens is 2. The van der Waals surface area contributed by atoms with Gasteiger partial charge in [-0.2, -0.15) is 0 Å². The summed E-state index contributed by atoms with van der Waals surface area (Å²) in [5, 5.41) is 16.1. The molecule has 3 aliphatic rings. The van der Waals surface area contributed by atoms with Crippen molar-refractivity contribution in [2.45, 2.75) is 89.1 Å². The molecule has 65 heavy (non-hydrogen) atoms. The molecule has 3 fully saturated rings. The molecule has 5 amide bonds. The minimum Gasteiger partial charge on any atom is -0.453 e. The van der Waals surface area contributed by atoms with Crippen molar-refractivity contribution in [3.05, 3.63) is 120 Å². The van der Waals surface area contributed by atoms with Gasteiger partial charge in [0.05, 0.1) is 48.6 Å². The molecule has 3 aliphatic heterocycles. The van der Waals surface area contributed by atoms with E-state index in [1.807, 2.05) is 97.6 Å². The molecule has 5 N–H and O–H groups in total. The molecule has 5 aromatic rings.